The van der Waals surface area contributed by atoms with E-state index in [0.29, 0.717) is 0 Å². The van der Waals surface area contributed by atoms with E-state index < -0.39 is 0 Å². The van der Waals surface area contributed by atoms with E-state index in [0.717, 1.165) is 0 Å². The van der Waals surface area contributed by atoms with Crippen LogP contribution >= 0.6 is 0 Å². The van der Waals surface area contributed by atoms with Crippen molar-refractivity contribution in [1.82, 2.24) is 0 Å². The van der Waals surface area contributed by atoms with E-state index in [1.165, 1.54) is 0 Å². The molecule has 4 heavy (non-hydrogen) atoms. The van der Waals surface area contributed by atoms with Gasteiger partial charge < -0.3 is 5.48 Å². The van der Waals surface area contributed by atoms with Crippen molar-refractivity contribution >= 4 is 0 Å². The summed E-state index contributed by atoms with van der Waals surface area (Å²) in [5.74, 6) is 0. The normalized spacial score (nSPS) is 0. The molecule has 0 saturated carbocycles. The van der Waals surface area contributed by atoms with E-state index in [4.69, 9.17) is 0 Å². The second kappa shape index (κ2) is 21.3. The molecule has 0 spiro atoms. The Kier molecular flexibility index (Phi) is 217. The summed E-state index contributed by atoms with van der Waals surface area (Å²) < 4.78 is 0. The number of rotatable bonds is 0. The standard InChI is InChI=1S/Cu.H2O.Ti.Zn/h;1H2;;. The molecule has 0 atom stereocenters. The van der Waals surface area contributed by atoms with Crippen LogP contribution in [0, 0.1) is 0 Å². The van der Waals surface area contributed by atoms with Crippen LogP contribution in [0.1, 0.15) is 0 Å². The first-order valence-corrected chi connectivity index (χ1v) is 0. The third-order valence-corrected chi connectivity index (χ3v) is 0. The molecule has 0 aromatic heterocycles. The fraction of sp³-hybridized carbons (Fsp3) is 0. The van der Waals surface area contributed by atoms with E-state index in [1.54, 1.807) is 0 Å². The van der Waals surface area contributed by atoms with Crippen molar-refractivity contribution in [1.29, 1.82) is 0 Å². The van der Waals surface area contributed by atoms with E-state index >= 15 is 0 Å². The van der Waals surface area contributed by atoms with Crippen LogP contribution in [0.4, 0.5) is 0 Å². The van der Waals surface area contributed by atoms with Gasteiger partial charge in [-0.1, -0.05) is 0 Å². The Bertz CT molecular complexity index is 8.00. The topological polar surface area (TPSA) is 31.5 Å². The van der Waals surface area contributed by atoms with Gasteiger partial charge >= 0.3 is 0 Å². The van der Waals surface area contributed by atoms with Crippen LogP contribution in [0.15, 0.2) is 0 Å². The Balaban J connectivity index is 0. The van der Waals surface area contributed by atoms with Crippen LogP contribution in [0.5, 0.6) is 0 Å². The van der Waals surface area contributed by atoms with E-state index in [-0.39, 0.29) is 63.7 Å². The minimum atomic E-state index is 0. The van der Waals surface area contributed by atoms with Crippen LogP contribution in [0.2, 0.25) is 0 Å². The van der Waals surface area contributed by atoms with Crippen LogP contribution < -0.4 is 0 Å². The predicted molar refractivity (Wildman–Crippen MR) is 3.61 cm³/mol. The van der Waals surface area contributed by atoms with E-state index in [1.807, 2.05) is 0 Å². The largest absolute Gasteiger partial charge is 0.412 e. The Morgan fingerprint density at radius 3 is 1.00 bits per heavy atom. The molecule has 1 nitrogen and oxygen atoms in total. The summed E-state index contributed by atoms with van der Waals surface area (Å²) in [5, 5.41) is 0. The van der Waals surface area contributed by atoms with Gasteiger partial charge in [0, 0.05) is 58.3 Å². The molecule has 0 unspecified atom stereocenters. The van der Waals surface area contributed by atoms with Crippen molar-refractivity contribution in [2.75, 3.05) is 0 Å². The van der Waals surface area contributed by atoms with Crippen molar-refractivity contribution in [2.24, 2.45) is 0 Å². The molecule has 0 aromatic rings. The van der Waals surface area contributed by atoms with E-state index in [2.05, 4.69) is 0 Å². The SMILES string of the molecule is O.[Cu].[Ti].[Zn]. The molecule has 25 valence electrons. The van der Waals surface area contributed by atoms with Gasteiger partial charge in [-0.2, -0.15) is 0 Å². The van der Waals surface area contributed by atoms with Gasteiger partial charge in [-0.15, -0.1) is 0 Å². The van der Waals surface area contributed by atoms with Crippen molar-refractivity contribution in [2.45, 2.75) is 0 Å². The fourth-order valence-electron chi connectivity index (χ4n) is 0. The predicted octanol–water partition coefficient (Wildman–Crippen LogP) is -0.832. The van der Waals surface area contributed by atoms with Gasteiger partial charge in [0.05, 0.1) is 0 Å². The molecule has 0 fully saturated rings. The summed E-state index contributed by atoms with van der Waals surface area (Å²) in [5.41, 5.74) is 0. The van der Waals surface area contributed by atoms with Gasteiger partial charge in [-0.3, -0.25) is 0 Å². The Hall–Kier alpha value is 1.82. The summed E-state index contributed by atoms with van der Waals surface area (Å²) in [4.78, 5) is 0. The van der Waals surface area contributed by atoms with Crippen molar-refractivity contribution in [3.05, 3.63) is 0 Å². The maximum atomic E-state index is 0. The van der Waals surface area contributed by atoms with Crippen LogP contribution in [0.25, 0.3) is 0 Å². The van der Waals surface area contributed by atoms with Gasteiger partial charge in [0.25, 0.3) is 0 Å². The molecule has 0 aromatic carbocycles. The summed E-state index contributed by atoms with van der Waals surface area (Å²) in [7, 11) is 0. The van der Waals surface area contributed by atoms with Gasteiger partial charge in [-0.05, 0) is 0 Å². The molecule has 0 amide bonds. The second-order valence-corrected chi connectivity index (χ2v) is 0. The maximum absolute atomic E-state index is 0. The molecule has 0 bridgehead atoms. The first-order valence-electron chi connectivity index (χ1n) is 0. The minimum absolute atomic E-state index is 0. The first-order chi connectivity index (χ1) is 0. The van der Waals surface area contributed by atoms with Crippen molar-refractivity contribution in [3.63, 3.8) is 0 Å². The summed E-state index contributed by atoms with van der Waals surface area (Å²) >= 11 is 0. The minimum Gasteiger partial charge on any atom is -0.412 e. The molecule has 0 aliphatic rings. The third kappa shape index (κ3) is 9.17. The van der Waals surface area contributed by atoms with Gasteiger partial charge in [0.15, 0.2) is 0 Å². The second-order valence-electron chi connectivity index (χ2n) is 0. The summed E-state index contributed by atoms with van der Waals surface area (Å²) in [6.07, 6.45) is 0. The van der Waals surface area contributed by atoms with Gasteiger partial charge in [-0.25, -0.2) is 0 Å². The zero-order valence-corrected chi connectivity index (χ0v) is 7.48. The van der Waals surface area contributed by atoms with Crippen LogP contribution in [-0.4, -0.2) is 5.48 Å². The van der Waals surface area contributed by atoms with E-state index in [9.17, 15) is 0 Å². The van der Waals surface area contributed by atoms with Crippen molar-refractivity contribution in [3.8, 4) is 0 Å². The molecule has 0 aliphatic carbocycles. The number of hydrogen-bond donors (Lipinski definition) is 0. The monoisotopic (exact) mass is 193 g/mol. The molecule has 0 saturated heterocycles. The third-order valence-electron chi connectivity index (χ3n) is 0. The van der Waals surface area contributed by atoms with Gasteiger partial charge in [0.1, 0.15) is 0 Å². The molecular formula is H2CuOTiZn. The molecule has 0 aliphatic heterocycles. The molecule has 1 radical (unpaired) electrons. The molecular weight excluding hydrogens is 193 g/mol. The maximum Gasteiger partial charge on any atom is 0 e. The summed E-state index contributed by atoms with van der Waals surface area (Å²) in [6.45, 7) is 0. The smallest absolute Gasteiger partial charge is 0 e. The van der Waals surface area contributed by atoms with Gasteiger partial charge in [0.2, 0.25) is 0 Å². The quantitative estimate of drug-likeness (QED) is 0.451. The molecule has 2 N–H and O–H groups in total. The number of hydrogen-bond acceptors (Lipinski definition) is 0. The average Bonchev–Trinajstić information content (AvgIpc) is 0. The molecule has 0 rings (SSSR count). The fourth-order valence-corrected chi connectivity index (χ4v) is 0. The summed E-state index contributed by atoms with van der Waals surface area (Å²) in [6, 6.07) is 0. The first kappa shape index (κ1) is 40.9. The Morgan fingerprint density at radius 1 is 1.00 bits per heavy atom. The Labute approximate surface area is 63.3 Å². The zero-order chi connectivity index (χ0) is 0. The average molecular weight is 195 g/mol. The Morgan fingerprint density at radius 2 is 1.00 bits per heavy atom. The zero-order valence-electron chi connectivity index (χ0n) is 2.01. The van der Waals surface area contributed by atoms with Crippen LogP contribution in [-0.2, 0) is 58.3 Å². The van der Waals surface area contributed by atoms with Crippen molar-refractivity contribution < 1.29 is 63.7 Å². The molecule has 4 heteroatoms. The van der Waals surface area contributed by atoms with Crippen LogP contribution in [0.3, 0.4) is 0 Å². The molecule has 0 heterocycles.